The van der Waals surface area contributed by atoms with Crippen LogP contribution in [-0.4, -0.2) is 16.1 Å². The quantitative estimate of drug-likeness (QED) is 0.781. The predicted octanol–water partition coefficient (Wildman–Crippen LogP) is 3.62. The Morgan fingerprint density at radius 2 is 1.79 bits per heavy atom. The maximum Gasteiger partial charge on any atom is 0.266 e. The molecule has 2 aromatic carbocycles. The SMILES string of the molecule is CCNC(C)c1nc2ccccc2c(=O)n1-c1ccc(CC)cc1. The van der Waals surface area contributed by atoms with Gasteiger partial charge in [0.15, 0.2) is 0 Å². The molecular weight excluding hydrogens is 298 g/mol. The molecule has 4 heteroatoms. The molecule has 0 bridgehead atoms. The van der Waals surface area contributed by atoms with Gasteiger partial charge in [-0.15, -0.1) is 0 Å². The summed E-state index contributed by atoms with van der Waals surface area (Å²) < 4.78 is 1.73. The van der Waals surface area contributed by atoms with Crippen molar-refractivity contribution in [2.75, 3.05) is 6.54 Å². The lowest BCUT2D eigenvalue weighted by atomic mass is 10.1. The molecule has 0 spiro atoms. The van der Waals surface area contributed by atoms with Crippen molar-refractivity contribution in [1.29, 1.82) is 0 Å². The second-order valence-electron chi connectivity index (χ2n) is 5.93. The van der Waals surface area contributed by atoms with Crippen LogP contribution in [0.4, 0.5) is 0 Å². The third-order valence-corrected chi connectivity index (χ3v) is 4.30. The van der Waals surface area contributed by atoms with Gasteiger partial charge in [-0.1, -0.05) is 38.1 Å². The zero-order valence-electron chi connectivity index (χ0n) is 14.4. The number of para-hydroxylation sites is 1. The Hall–Kier alpha value is -2.46. The molecule has 0 aliphatic carbocycles. The lowest BCUT2D eigenvalue weighted by molar-refractivity contribution is 0.551. The first-order valence-electron chi connectivity index (χ1n) is 8.50. The highest BCUT2D eigenvalue weighted by molar-refractivity contribution is 5.77. The van der Waals surface area contributed by atoms with Crippen molar-refractivity contribution < 1.29 is 0 Å². The second kappa shape index (κ2) is 6.97. The maximum atomic E-state index is 13.1. The number of aryl methyl sites for hydroxylation is 1. The highest BCUT2D eigenvalue weighted by atomic mass is 16.1. The molecule has 3 rings (SSSR count). The highest BCUT2D eigenvalue weighted by Gasteiger charge is 2.17. The molecule has 0 fully saturated rings. The molecule has 3 aromatic rings. The molecule has 0 saturated heterocycles. The highest BCUT2D eigenvalue weighted by Crippen LogP contribution is 2.18. The van der Waals surface area contributed by atoms with Crippen molar-refractivity contribution in [1.82, 2.24) is 14.9 Å². The van der Waals surface area contributed by atoms with Crippen LogP contribution < -0.4 is 10.9 Å². The zero-order chi connectivity index (χ0) is 17.1. The standard InChI is InChI=1S/C20H23N3O/c1-4-15-10-12-16(13-11-15)23-19(14(3)21-5-2)22-18-9-7-6-8-17(18)20(23)24/h6-14,21H,4-5H2,1-3H3. The predicted molar refractivity (Wildman–Crippen MR) is 98.8 cm³/mol. The maximum absolute atomic E-state index is 13.1. The van der Waals surface area contributed by atoms with Crippen LogP contribution in [0.1, 0.15) is 38.2 Å². The fourth-order valence-corrected chi connectivity index (χ4v) is 2.97. The van der Waals surface area contributed by atoms with Crippen LogP contribution in [0.15, 0.2) is 53.3 Å². The van der Waals surface area contributed by atoms with E-state index in [-0.39, 0.29) is 11.6 Å². The Balaban J connectivity index is 2.27. The van der Waals surface area contributed by atoms with Crippen LogP contribution in [0.5, 0.6) is 0 Å². The first kappa shape index (κ1) is 16.4. The fraction of sp³-hybridized carbons (Fsp3) is 0.300. The van der Waals surface area contributed by atoms with Crippen LogP contribution in [0, 0.1) is 0 Å². The molecular formula is C20H23N3O. The lowest BCUT2D eigenvalue weighted by Gasteiger charge is -2.19. The van der Waals surface area contributed by atoms with E-state index in [2.05, 4.69) is 31.3 Å². The van der Waals surface area contributed by atoms with Crippen molar-refractivity contribution in [3.05, 3.63) is 70.3 Å². The second-order valence-corrected chi connectivity index (χ2v) is 5.93. The molecule has 0 radical (unpaired) electrons. The van der Waals surface area contributed by atoms with Crippen molar-refractivity contribution in [2.24, 2.45) is 0 Å². The van der Waals surface area contributed by atoms with Gasteiger partial charge in [-0.25, -0.2) is 4.98 Å². The van der Waals surface area contributed by atoms with Gasteiger partial charge in [0.25, 0.3) is 5.56 Å². The molecule has 1 aromatic heterocycles. The van der Waals surface area contributed by atoms with Crippen LogP contribution in [0.25, 0.3) is 16.6 Å². The molecule has 4 nitrogen and oxygen atoms in total. The van der Waals surface area contributed by atoms with E-state index in [9.17, 15) is 4.79 Å². The molecule has 24 heavy (non-hydrogen) atoms. The smallest absolute Gasteiger partial charge is 0.266 e. The third-order valence-electron chi connectivity index (χ3n) is 4.30. The van der Waals surface area contributed by atoms with E-state index in [0.29, 0.717) is 5.39 Å². The summed E-state index contributed by atoms with van der Waals surface area (Å²) in [5, 5.41) is 4.01. The molecule has 0 aliphatic rings. The minimum Gasteiger partial charge on any atom is -0.308 e. The average molecular weight is 321 g/mol. The van der Waals surface area contributed by atoms with Crippen molar-refractivity contribution >= 4 is 10.9 Å². The van der Waals surface area contributed by atoms with E-state index in [1.807, 2.05) is 43.3 Å². The Kier molecular flexibility index (Phi) is 4.76. The number of nitrogens with zero attached hydrogens (tertiary/aromatic N) is 2. The monoisotopic (exact) mass is 321 g/mol. The van der Waals surface area contributed by atoms with Crippen molar-refractivity contribution in [3.8, 4) is 5.69 Å². The molecule has 1 unspecified atom stereocenters. The summed E-state index contributed by atoms with van der Waals surface area (Å²) in [7, 11) is 0. The molecule has 0 amide bonds. The Labute approximate surface area is 142 Å². The summed E-state index contributed by atoms with van der Waals surface area (Å²) in [5.74, 6) is 0.741. The number of benzene rings is 2. The summed E-state index contributed by atoms with van der Waals surface area (Å²) in [4.78, 5) is 17.9. The Bertz CT molecular complexity index is 897. The molecule has 1 atom stereocenters. The average Bonchev–Trinajstić information content (AvgIpc) is 2.62. The molecule has 0 saturated carbocycles. The van der Waals surface area contributed by atoms with Gasteiger partial charge in [0.2, 0.25) is 0 Å². The third kappa shape index (κ3) is 2.97. The van der Waals surface area contributed by atoms with Gasteiger partial charge < -0.3 is 5.32 Å². The van der Waals surface area contributed by atoms with E-state index >= 15 is 0 Å². The van der Waals surface area contributed by atoms with E-state index < -0.39 is 0 Å². The van der Waals surface area contributed by atoms with E-state index in [4.69, 9.17) is 4.98 Å². The number of nitrogens with one attached hydrogen (secondary N) is 1. The van der Waals surface area contributed by atoms with Crippen LogP contribution in [0.3, 0.4) is 0 Å². The molecule has 1 N–H and O–H groups in total. The summed E-state index contributed by atoms with van der Waals surface area (Å²) in [6.07, 6.45) is 0.978. The van der Waals surface area contributed by atoms with Gasteiger partial charge in [0, 0.05) is 0 Å². The van der Waals surface area contributed by atoms with Gasteiger partial charge in [0.05, 0.1) is 22.6 Å². The van der Waals surface area contributed by atoms with Gasteiger partial charge in [-0.2, -0.15) is 0 Å². The summed E-state index contributed by atoms with van der Waals surface area (Å²) in [6.45, 7) is 7.03. The van der Waals surface area contributed by atoms with Crippen molar-refractivity contribution in [2.45, 2.75) is 33.2 Å². The van der Waals surface area contributed by atoms with Crippen molar-refractivity contribution in [3.63, 3.8) is 0 Å². The van der Waals surface area contributed by atoms with Crippen LogP contribution in [-0.2, 0) is 6.42 Å². The van der Waals surface area contributed by atoms with Gasteiger partial charge in [-0.05, 0) is 49.7 Å². The van der Waals surface area contributed by atoms with Crippen LogP contribution in [0.2, 0.25) is 0 Å². The normalized spacial score (nSPS) is 12.5. The van der Waals surface area contributed by atoms with E-state index in [0.717, 1.165) is 30.0 Å². The number of aromatic nitrogens is 2. The lowest BCUT2D eigenvalue weighted by Crippen LogP contribution is -2.30. The van der Waals surface area contributed by atoms with Gasteiger partial charge in [0.1, 0.15) is 5.82 Å². The Morgan fingerprint density at radius 1 is 1.08 bits per heavy atom. The zero-order valence-corrected chi connectivity index (χ0v) is 14.4. The molecule has 0 aliphatic heterocycles. The first-order chi connectivity index (χ1) is 11.7. The Morgan fingerprint density at radius 3 is 2.46 bits per heavy atom. The first-order valence-corrected chi connectivity index (χ1v) is 8.50. The number of hydrogen-bond donors (Lipinski definition) is 1. The van der Waals surface area contributed by atoms with Crippen LogP contribution >= 0.6 is 0 Å². The van der Waals surface area contributed by atoms with Gasteiger partial charge >= 0.3 is 0 Å². The molecule has 1 heterocycles. The topological polar surface area (TPSA) is 46.9 Å². The number of fused-ring (bicyclic) bond motifs is 1. The summed E-state index contributed by atoms with van der Waals surface area (Å²) >= 11 is 0. The van der Waals surface area contributed by atoms with Gasteiger partial charge in [-0.3, -0.25) is 9.36 Å². The van der Waals surface area contributed by atoms with E-state index in [1.54, 1.807) is 4.57 Å². The number of rotatable bonds is 5. The minimum absolute atomic E-state index is 0.0156. The van der Waals surface area contributed by atoms with E-state index in [1.165, 1.54) is 5.56 Å². The fourth-order valence-electron chi connectivity index (χ4n) is 2.97. The minimum atomic E-state index is -0.0235. The largest absolute Gasteiger partial charge is 0.308 e. The summed E-state index contributed by atoms with van der Waals surface area (Å²) in [5.41, 5.74) is 2.82. The molecule has 124 valence electrons. The summed E-state index contributed by atoms with van der Waals surface area (Å²) in [6, 6.07) is 15.6. The number of hydrogen-bond acceptors (Lipinski definition) is 3.